The third-order valence-electron chi connectivity index (χ3n) is 23.3. The van der Waals surface area contributed by atoms with Gasteiger partial charge in [0.05, 0.1) is 51.9 Å². The maximum atomic E-state index is 12.1. The van der Waals surface area contributed by atoms with Crippen LogP contribution in [0.2, 0.25) is 0 Å². The van der Waals surface area contributed by atoms with Gasteiger partial charge < -0.3 is 61.6 Å². The second kappa shape index (κ2) is 32.0. The van der Waals surface area contributed by atoms with E-state index in [4.69, 9.17) is 61.6 Å². The summed E-state index contributed by atoms with van der Waals surface area (Å²) in [5, 5.41) is 0. The van der Waals surface area contributed by atoms with Crippen molar-refractivity contribution in [2.45, 2.75) is 253 Å². The summed E-state index contributed by atoms with van der Waals surface area (Å²) in [6.45, 7) is 19.1. The van der Waals surface area contributed by atoms with Crippen molar-refractivity contribution < 1.29 is 114 Å². The molecule has 8 aliphatic carbocycles. The standard InChI is InChI=1S/C20H28O8.C20H30O7.C17H26O5.C15H22O4/c1-4-20(2,3)19(24)26-9-15(21)25-10-16(22)28-17-12-5-11-6-13(8-12)18(23)27-14(17)7-11;1-4-20(2,3)19(23)25-6-5-24-16(21)11-26-17-13-7-12-8-14(10-13)18(22)27-15(17)9-12;1-4-17(2,3)16(19)21-9-20-14-11-5-10-6-12(8-11)15(18)22-13(14)7-10;1-3-8(2)14(16)19-13-10-4-9-5-11(7-10)15(17)18-12(13)6-9/h11-14,17H,4-10H2,1-3H3;12-15,17H,4-11H2,1-3H3;10-14H,4-9H2,1-3H3;8-13H,3-7H2,1-2H3. The highest BCUT2D eigenvalue weighted by molar-refractivity contribution is 5.82. The average Bonchev–Trinajstić information content (AvgIpc) is 1.62. The van der Waals surface area contributed by atoms with E-state index in [1.54, 1.807) is 13.8 Å². The predicted molar refractivity (Wildman–Crippen MR) is 336 cm³/mol. The van der Waals surface area contributed by atoms with Crippen molar-refractivity contribution in [3.8, 4) is 0 Å². The van der Waals surface area contributed by atoms with Crippen molar-refractivity contribution in [1.29, 1.82) is 0 Å². The molecule has 8 heterocycles. The smallest absolute Gasteiger partial charge is 0.344 e. The minimum atomic E-state index is -0.814. The molecule has 24 heteroatoms. The minimum Gasteiger partial charge on any atom is -0.462 e. The lowest BCUT2D eigenvalue weighted by molar-refractivity contribution is -0.190. The molecule has 8 saturated heterocycles. The highest BCUT2D eigenvalue weighted by Gasteiger charge is 2.55. The fourth-order valence-electron chi connectivity index (χ4n) is 16.5. The lowest BCUT2D eigenvalue weighted by Crippen LogP contribution is -2.45. The van der Waals surface area contributed by atoms with E-state index < -0.39 is 65.5 Å². The molecule has 8 saturated carbocycles. The average molecular weight is 1360 g/mol. The molecule has 96 heavy (non-hydrogen) atoms. The van der Waals surface area contributed by atoms with Crippen molar-refractivity contribution in [2.24, 2.45) is 93.2 Å². The maximum absolute atomic E-state index is 12.1. The van der Waals surface area contributed by atoms with Gasteiger partial charge in [-0.1, -0.05) is 34.6 Å². The Morgan fingerprint density at radius 1 is 0.385 bits per heavy atom. The first-order chi connectivity index (χ1) is 45.5. The van der Waals surface area contributed by atoms with Gasteiger partial charge in [0.15, 0.2) is 20.0 Å². The predicted octanol–water partition coefficient (Wildman–Crippen LogP) is 9.01. The molecule has 16 aliphatic rings. The normalized spacial score (nSPS) is 34.7. The lowest BCUT2D eigenvalue weighted by atomic mass is 9.67. The van der Waals surface area contributed by atoms with Crippen LogP contribution < -0.4 is 0 Å². The van der Waals surface area contributed by atoms with Crippen LogP contribution >= 0.6 is 0 Å². The largest absolute Gasteiger partial charge is 0.462 e. The Morgan fingerprint density at radius 3 is 1.15 bits per heavy atom. The zero-order valence-corrected chi connectivity index (χ0v) is 58.3. The Bertz CT molecular complexity index is 2830. The van der Waals surface area contributed by atoms with Crippen molar-refractivity contribution in [3.05, 3.63) is 0 Å². The van der Waals surface area contributed by atoms with Gasteiger partial charge in [-0.25, -0.2) is 14.4 Å². The van der Waals surface area contributed by atoms with Gasteiger partial charge in [0.25, 0.3) is 0 Å². The lowest BCUT2D eigenvalue weighted by Gasteiger charge is -2.41. The summed E-state index contributed by atoms with van der Waals surface area (Å²) in [7, 11) is 0. The van der Waals surface area contributed by atoms with Crippen molar-refractivity contribution in [3.63, 3.8) is 0 Å². The first-order valence-electron chi connectivity index (χ1n) is 35.8. The van der Waals surface area contributed by atoms with Crippen LogP contribution in [0.5, 0.6) is 0 Å². The van der Waals surface area contributed by atoms with Gasteiger partial charge in [-0.3, -0.25) is 38.4 Å². The summed E-state index contributed by atoms with van der Waals surface area (Å²) < 4.78 is 70.3. The number of rotatable bonds is 23. The van der Waals surface area contributed by atoms with Gasteiger partial charge in [-0.05, 0) is 205 Å². The van der Waals surface area contributed by atoms with Crippen LogP contribution in [-0.2, 0) is 114 Å². The molecule has 16 fully saturated rings. The van der Waals surface area contributed by atoms with E-state index in [0.717, 1.165) is 103 Å². The van der Waals surface area contributed by atoms with E-state index >= 15 is 0 Å². The summed E-state index contributed by atoms with van der Waals surface area (Å²) in [6, 6.07) is 0. The van der Waals surface area contributed by atoms with Crippen LogP contribution in [0.25, 0.3) is 0 Å². The molecular weight excluding hydrogens is 1250 g/mol. The highest BCUT2D eigenvalue weighted by Crippen LogP contribution is 2.52. The van der Waals surface area contributed by atoms with Crippen LogP contribution in [-0.4, -0.2) is 154 Å². The number of esters is 11. The maximum Gasteiger partial charge on any atom is 0.344 e. The Balaban J connectivity index is 0.000000152. The number of carbonyl (C=O) groups excluding carboxylic acids is 11. The number of hydrogen-bond acceptors (Lipinski definition) is 24. The van der Waals surface area contributed by atoms with Crippen LogP contribution in [0.4, 0.5) is 0 Å². The van der Waals surface area contributed by atoms with E-state index in [0.29, 0.717) is 61.2 Å². The van der Waals surface area contributed by atoms with E-state index in [1.165, 1.54) is 0 Å². The highest BCUT2D eigenvalue weighted by atomic mass is 16.7. The van der Waals surface area contributed by atoms with Crippen molar-refractivity contribution in [1.82, 2.24) is 0 Å². The molecule has 0 aromatic rings. The van der Waals surface area contributed by atoms with Crippen LogP contribution in [0.1, 0.15) is 205 Å². The zero-order chi connectivity index (χ0) is 69.6. The number of ether oxygens (including phenoxy) is 13. The molecule has 0 spiro atoms. The van der Waals surface area contributed by atoms with Gasteiger partial charge in [-0.2, -0.15) is 0 Å². The third kappa shape index (κ3) is 18.3. The van der Waals surface area contributed by atoms with Gasteiger partial charge in [0, 0.05) is 11.8 Å². The summed E-state index contributed by atoms with van der Waals surface area (Å²) in [5.74, 6) is -0.554. The molecule has 16 rings (SSSR count). The molecule has 21 unspecified atom stereocenters. The van der Waals surface area contributed by atoms with E-state index in [9.17, 15) is 52.7 Å². The second-order valence-corrected chi connectivity index (χ2v) is 31.4. The number of carbonyl (C=O) groups is 11. The molecule has 0 aromatic heterocycles. The monoisotopic (exact) mass is 1350 g/mol. The van der Waals surface area contributed by atoms with E-state index in [-0.39, 0.29) is 146 Å². The second-order valence-electron chi connectivity index (χ2n) is 31.4. The quantitative estimate of drug-likeness (QED) is 0.0398. The van der Waals surface area contributed by atoms with Gasteiger partial charge >= 0.3 is 65.7 Å². The minimum absolute atomic E-state index is 0.00435. The summed E-state index contributed by atoms with van der Waals surface area (Å²) >= 11 is 0. The molecule has 8 aliphatic heterocycles. The zero-order valence-electron chi connectivity index (χ0n) is 58.3. The Kier molecular flexibility index (Phi) is 24.7. The first-order valence-corrected chi connectivity index (χ1v) is 35.8. The third-order valence-corrected chi connectivity index (χ3v) is 23.3. The molecule has 0 aromatic carbocycles. The topological polar surface area (TPSA) is 308 Å². The first kappa shape index (κ1) is 74.3. The molecular formula is C72H106O24. The Hall–Kier alpha value is -5.91. The van der Waals surface area contributed by atoms with Crippen LogP contribution in [0.15, 0.2) is 0 Å². The summed E-state index contributed by atoms with van der Waals surface area (Å²) in [5.41, 5.74) is -1.71. The number of hydrogen-bond donors (Lipinski definition) is 0. The van der Waals surface area contributed by atoms with Crippen LogP contribution in [0.3, 0.4) is 0 Å². The fourth-order valence-corrected chi connectivity index (χ4v) is 16.5. The Labute approximate surface area is 564 Å². The molecule has 16 bridgehead atoms. The molecule has 24 nitrogen and oxygen atoms in total. The molecule has 21 atom stereocenters. The Morgan fingerprint density at radius 2 is 0.729 bits per heavy atom. The molecule has 0 radical (unpaired) electrons. The number of fused-ring (bicyclic) bond motifs is 4. The van der Waals surface area contributed by atoms with Crippen LogP contribution in [0, 0.1) is 93.2 Å². The molecule has 0 amide bonds. The molecule has 0 N–H and O–H groups in total. The van der Waals surface area contributed by atoms with E-state index in [2.05, 4.69) is 0 Å². The van der Waals surface area contributed by atoms with Gasteiger partial charge in [0.2, 0.25) is 0 Å². The fraction of sp³-hybridized carbons (Fsp3) is 0.847. The summed E-state index contributed by atoms with van der Waals surface area (Å²) in [6.07, 6.45) is 15.0. The molecule has 538 valence electrons. The van der Waals surface area contributed by atoms with E-state index in [1.807, 2.05) is 62.3 Å². The van der Waals surface area contributed by atoms with Gasteiger partial charge in [-0.15, -0.1) is 0 Å². The SMILES string of the molecule is CCC(C)(C)C(=O)OCC(=O)OCC(=O)OC1C2CC3CC(C2)C(=O)OC1C3.CCC(C)(C)C(=O)OCCOC(=O)COC1C2CC3CC(C2)C(=O)OC1C3.CCC(C)(C)C(=O)OCOC1C2CC3CC(C2)C(=O)OC1C3.CCC(C)C(=O)OC1C2CC3CC(C2)C(=O)OC1C3. The van der Waals surface area contributed by atoms with Crippen molar-refractivity contribution >= 4 is 65.7 Å². The van der Waals surface area contributed by atoms with Gasteiger partial charge in [0.1, 0.15) is 62.5 Å². The summed E-state index contributed by atoms with van der Waals surface area (Å²) in [4.78, 5) is 131. The van der Waals surface area contributed by atoms with Crippen molar-refractivity contribution in [2.75, 3.05) is 39.8 Å².